The third-order valence-corrected chi connectivity index (χ3v) is 3.80. The summed E-state index contributed by atoms with van der Waals surface area (Å²) in [4.78, 5) is 0. The van der Waals surface area contributed by atoms with Crippen LogP contribution >= 0.6 is 23.2 Å². The lowest BCUT2D eigenvalue weighted by atomic mass is 10.1. The van der Waals surface area contributed by atoms with Gasteiger partial charge < -0.3 is 15.2 Å². The molecule has 2 N–H and O–H groups in total. The van der Waals surface area contributed by atoms with Crippen molar-refractivity contribution in [3.05, 3.63) is 57.6 Å². The van der Waals surface area contributed by atoms with Gasteiger partial charge in [0.15, 0.2) is 11.5 Å². The quantitative estimate of drug-likeness (QED) is 0.844. The molecule has 0 aliphatic rings. The van der Waals surface area contributed by atoms with Crippen molar-refractivity contribution in [2.75, 3.05) is 7.11 Å². The first kappa shape index (κ1) is 16.9. The van der Waals surface area contributed by atoms with E-state index in [1.165, 1.54) is 0 Å². The third-order valence-electron chi connectivity index (χ3n) is 3.21. The van der Waals surface area contributed by atoms with Gasteiger partial charge in [0.2, 0.25) is 0 Å². The molecule has 118 valence electrons. The molecule has 2 aromatic rings. The van der Waals surface area contributed by atoms with Crippen LogP contribution < -0.4 is 15.2 Å². The molecule has 0 saturated carbocycles. The summed E-state index contributed by atoms with van der Waals surface area (Å²) in [7, 11) is 1.62. The van der Waals surface area contributed by atoms with E-state index in [0.29, 0.717) is 34.6 Å². The standard InChI is InChI=1S/C17H19Cl2NO2/c1-11(20)8-12-4-3-5-16(21-2)17(12)22-10-13-6-7-14(18)9-15(13)19/h3-7,9,11H,8,10,20H2,1-2H3. The fourth-order valence-corrected chi connectivity index (χ4v) is 2.65. The van der Waals surface area contributed by atoms with Crippen LogP contribution in [-0.4, -0.2) is 13.2 Å². The number of methoxy groups -OCH3 is 1. The summed E-state index contributed by atoms with van der Waals surface area (Å²) in [5.41, 5.74) is 7.78. The van der Waals surface area contributed by atoms with Crippen molar-refractivity contribution in [3.8, 4) is 11.5 Å². The number of para-hydroxylation sites is 1. The highest BCUT2D eigenvalue weighted by molar-refractivity contribution is 6.35. The highest BCUT2D eigenvalue weighted by Gasteiger charge is 2.13. The summed E-state index contributed by atoms with van der Waals surface area (Å²) in [5, 5.41) is 1.18. The van der Waals surface area contributed by atoms with Crippen LogP contribution in [0.25, 0.3) is 0 Å². The summed E-state index contributed by atoms with van der Waals surface area (Å²) in [6.07, 6.45) is 0.709. The van der Waals surface area contributed by atoms with Crippen molar-refractivity contribution in [1.29, 1.82) is 0 Å². The zero-order valence-corrected chi connectivity index (χ0v) is 14.1. The van der Waals surface area contributed by atoms with E-state index >= 15 is 0 Å². The van der Waals surface area contributed by atoms with Gasteiger partial charge in [-0.25, -0.2) is 0 Å². The van der Waals surface area contributed by atoms with E-state index in [0.717, 1.165) is 11.1 Å². The molecule has 0 aromatic heterocycles. The molecule has 2 rings (SSSR count). The lowest BCUT2D eigenvalue weighted by Crippen LogP contribution is -2.18. The second-order valence-corrected chi connectivity index (χ2v) is 6.00. The summed E-state index contributed by atoms with van der Waals surface area (Å²) in [5.74, 6) is 1.39. The number of hydrogen-bond donors (Lipinski definition) is 1. The highest BCUT2D eigenvalue weighted by Crippen LogP contribution is 2.33. The van der Waals surface area contributed by atoms with Gasteiger partial charge in [0.05, 0.1) is 7.11 Å². The van der Waals surface area contributed by atoms with Gasteiger partial charge in [-0.05, 0) is 37.1 Å². The van der Waals surface area contributed by atoms with E-state index in [-0.39, 0.29) is 6.04 Å². The Morgan fingerprint density at radius 2 is 1.91 bits per heavy atom. The predicted molar refractivity (Wildman–Crippen MR) is 91.1 cm³/mol. The van der Waals surface area contributed by atoms with Crippen molar-refractivity contribution in [3.63, 3.8) is 0 Å². The van der Waals surface area contributed by atoms with E-state index in [1.54, 1.807) is 19.2 Å². The Morgan fingerprint density at radius 3 is 2.55 bits per heavy atom. The van der Waals surface area contributed by atoms with Crippen LogP contribution in [-0.2, 0) is 13.0 Å². The van der Waals surface area contributed by atoms with Gasteiger partial charge in [0.25, 0.3) is 0 Å². The highest BCUT2D eigenvalue weighted by atomic mass is 35.5. The molecule has 22 heavy (non-hydrogen) atoms. The fraction of sp³-hybridized carbons (Fsp3) is 0.294. The van der Waals surface area contributed by atoms with Gasteiger partial charge in [0.1, 0.15) is 6.61 Å². The zero-order chi connectivity index (χ0) is 16.1. The van der Waals surface area contributed by atoms with Gasteiger partial charge in [-0.15, -0.1) is 0 Å². The van der Waals surface area contributed by atoms with E-state index < -0.39 is 0 Å². The normalized spacial score (nSPS) is 12.0. The molecule has 0 radical (unpaired) electrons. The second-order valence-electron chi connectivity index (χ2n) is 5.15. The number of hydrogen-bond acceptors (Lipinski definition) is 3. The van der Waals surface area contributed by atoms with Crippen LogP contribution in [0.2, 0.25) is 10.0 Å². The molecule has 0 fully saturated rings. The van der Waals surface area contributed by atoms with Crippen LogP contribution in [0.5, 0.6) is 11.5 Å². The van der Waals surface area contributed by atoms with Crippen LogP contribution in [0.4, 0.5) is 0 Å². The Balaban J connectivity index is 2.23. The van der Waals surface area contributed by atoms with Gasteiger partial charge in [0, 0.05) is 21.7 Å². The summed E-state index contributed by atoms with van der Waals surface area (Å²) in [6, 6.07) is 11.2. The third kappa shape index (κ3) is 4.29. The fourth-order valence-electron chi connectivity index (χ4n) is 2.18. The number of benzene rings is 2. The van der Waals surface area contributed by atoms with Crippen molar-refractivity contribution in [2.24, 2.45) is 5.73 Å². The Morgan fingerprint density at radius 1 is 1.14 bits per heavy atom. The number of rotatable bonds is 6. The summed E-state index contributed by atoms with van der Waals surface area (Å²) >= 11 is 12.1. The molecule has 0 aliphatic heterocycles. The van der Waals surface area contributed by atoms with Crippen LogP contribution in [0.1, 0.15) is 18.1 Å². The van der Waals surface area contributed by atoms with Crippen molar-refractivity contribution in [2.45, 2.75) is 26.0 Å². The SMILES string of the molecule is COc1cccc(CC(C)N)c1OCc1ccc(Cl)cc1Cl. The molecule has 0 saturated heterocycles. The van der Waals surface area contributed by atoms with Gasteiger partial charge in [-0.1, -0.05) is 41.4 Å². The van der Waals surface area contributed by atoms with Crippen molar-refractivity contribution in [1.82, 2.24) is 0 Å². The number of nitrogens with two attached hydrogens (primary N) is 1. The summed E-state index contributed by atoms with van der Waals surface area (Å²) < 4.78 is 11.3. The minimum absolute atomic E-state index is 0.0357. The molecular formula is C17H19Cl2NO2. The van der Waals surface area contributed by atoms with E-state index in [9.17, 15) is 0 Å². The lowest BCUT2D eigenvalue weighted by molar-refractivity contribution is 0.281. The molecule has 3 nitrogen and oxygen atoms in total. The van der Waals surface area contributed by atoms with Crippen LogP contribution in [0.3, 0.4) is 0 Å². The number of halogens is 2. The Labute approximate surface area is 140 Å². The van der Waals surface area contributed by atoms with Crippen molar-refractivity contribution >= 4 is 23.2 Å². The minimum Gasteiger partial charge on any atom is -0.493 e. The first-order chi connectivity index (χ1) is 10.5. The predicted octanol–water partition coefficient (Wildman–Crippen LogP) is 4.47. The largest absolute Gasteiger partial charge is 0.493 e. The Hall–Kier alpha value is -1.42. The number of ether oxygens (including phenoxy) is 2. The molecule has 0 bridgehead atoms. The van der Waals surface area contributed by atoms with Crippen molar-refractivity contribution < 1.29 is 9.47 Å². The summed E-state index contributed by atoms with van der Waals surface area (Å²) in [6.45, 7) is 2.29. The first-order valence-electron chi connectivity index (χ1n) is 6.99. The lowest BCUT2D eigenvalue weighted by Gasteiger charge is -2.16. The van der Waals surface area contributed by atoms with E-state index in [1.807, 2.05) is 31.2 Å². The molecule has 1 atom stereocenters. The monoisotopic (exact) mass is 339 g/mol. The molecule has 0 aliphatic carbocycles. The molecular weight excluding hydrogens is 321 g/mol. The maximum Gasteiger partial charge on any atom is 0.164 e. The Kier molecular flexibility index (Phi) is 5.95. The molecule has 0 amide bonds. The first-order valence-corrected chi connectivity index (χ1v) is 7.75. The van der Waals surface area contributed by atoms with E-state index in [4.69, 9.17) is 38.4 Å². The molecule has 1 unspecified atom stereocenters. The maximum absolute atomic E-state index is 6.18. The zero-order valence-electron chi connectivity index (χ0n) is 12.6. The van der Waals surface area contributed by atoms with E-state index in [2.05, 4.69) is 0 Å². The van der Waals surface area contributed by atoms with Gasteiger partial charge >= 0.3 is 0 Å². The van der Waals surface area contributed by atoms with Gasteiger partial charge in [-0.3, -0.25) is 0 Å². The van der Waals surface area contributed by atoms with Gasteiger partial charge in [-0.2, -0.15) is 0 Å². The average molecular weight is 340 g/mol. The minimum atomic E-state index is 0.0357. The van der Waals surface area contributed by atoms with Crippen LogP contribution in [0.15, 0.2) is 36.4 Å². The molecule has 2 aromatic carbocycles. The maximum atomic E-state index is 6.18. The molecule has 5 heteroatoms. The smallest absolute Gasteiger partial charge is 0.164 e. The second kappa shape index (κ2) is 7.73. The Bertz CT molecular complexity index is 645. The topological polar surface area (TPSA) is 44.5 Å². The average Bonchev–Trinajstić information content (AvgIpc) is 2.46. The molecule has 0 heterocycles. The molecule has 0 spiro atoms. The van der Waals surface area contributed by atoms with Crippen LogP contribution in [0, 0.1) is 0 Å².